The number of fused-ring (bicyclic) bond motifs is 1. The molecule has 0 bridgehead atoms. The highest BCUT2D eigenvalue weighted by Gasteiger charge is 2.14. The molecule has 44 heavy (non-hydrogen) atoms. The first-order chi connectivity index (χ1) is 21.2. The Morgan fingerprint density at radius 1 is 0.977 bits per heavy atom. The molecule has 0 amide bonds. The number of ether oxygens (including phenoxy) is 2. The Morgan fingerprint density at radius 3 is 2.27 bits per heavy atom. The molecule has 3 aromatic rings. The molecule has 0 spiro atoms. The van der Waals surface area contributed by atoms with Gasteiger partial charge in [0.25, 0.3) is 0 Å². The molecule has 2 aromatic carbocycles. The molecular weight excluding hydrogens is 549 g/mol. The molecule has 232 valence electrons. The standard InChI is InChI=1S/C28H29FN2O2.C8H11N.C2H6/c1-6-21(10-9-20(4)29)11-13-23-17-26(30-5)24-16-22(12-14-25(24)31-23)19(3)8-15-28-27(7-2)32-18-33-28;1-9(2)8-6-4-3-5-7-8;1-2/h6-17H,4,18H2,1-3,5H3,(H,30,31);3-7H,1-2H3;1-2H3/b10-9-,13-11+,19-8+,21-6+,27-7+,28-15+;;. The Labute approximate surface area is 263 Å². The minimum absolute atomic E-state index is 0.249. The predicted molar refractivity (Wildman–Crippen MR) is 188 cm³/mol. The number of rotatable bonds is 8. The van der Waals surface area contributed by atoms with Crippen LogP contribution in [-0.2, 0) is 9.47 Å². The second-order valence-corrected chi connectivity index (χ2v) is 9.65. The number of benzene rings is 2. The van der Waals surface area contributed by atoms with E-state index in [1.54, 1.807) is 6.08 Å². The van der Waals surface area contributed by atoms with Gasteiger partial charge in [0.1, 0.15) is 5.83 Å². The zero-order chi connectivity index (χ0) is 32.5. The molecule has 1 N–H and O–H groups in total. The molecule has 1 saturated heterocycles. The summed E-state index contributed by atoms with van der Waals surface area (Å²) in [5.41, 5.74) is 6.97. The third-order valence-electron chi connectivity index (χ3n) is 6.48. The first-order valence-electron chi connectivity index (χ1n) is 14.8. The van der Waals surface area contributed by atoms with Crippen LogP contribution in [0.5, 0.6) is 0 Å². The van der Waals surface area contributed by atoms with Gasteiger partial charge in [-0.15, -0.1) is 0 Å². The zero-order valence-electron chi connectivity index (χ0n) is 27.3. The van der Waals surface area contributed by atoms with Crippen LogP contribution in [0.3, 0.4) is 0 Å². The van der Waals surface area contributed by atoms with Crippen LogP contribution in [-0.4, -0.2) is 32.9 Å². The Morgan fingerprint density at radius 2 is 1.68 bits per heavy atom. The van der Waals surface area contributed by atoms with Crippen molar-refractivity contribution in [3.05, 3.63) is 138 Å². The molecule has 0 aliphatic carbocycles. The van der Waals surface area contributed by atoms with E-state index in [1.807, 2.05) is 116 Å². The number of allylic oxidation sites excluding steroid dienone is 10. The van der Waals surface area contributed by atoms with E-state index in [4.69, 9.17) is 14.5 Å². The van der Waals surface area contributed by atoms with Crippen molar-refractivity contribution in [1.29, 1.82) is 0 Å². The number of para-hydroxylation sites is 1. The van der Waals surface area contributed by atoms with Gasteiger partial charge in [-0.1, -0.05) is 69.0 Å². The van der Waals surface area contributed by atoms with Crippen molar-refractivity contribution in [2.24, 2.45) is 0 Å². The average Bonchev–Trinajstić information content (AvgIpc) is 3.52. The maximum atomic E-state index is 12.9. The fourth-order valence-corrected chi connectivity index (χ4v) is 4.08. The largest absolute Gasteiger partial charge is 0.454 e. The maximum Gasteiger partial charge on any atom is 0.231 e. The smallest absolute Gasteiger partial charge is 0.231 e. The van der Waals surface area contributed by atoms with Crippen molar-refractivity contribution < 1.29 is 13.9 Å². The molecule has 0 atom stereocenters. The highest BCUT2D eigenvalue weighted by atomic mass is 19.1. The van der Waals surface area contributed by atoms with Gasteiger partial charge < -0.3 is 19.7 Å². The fraction of sp³-hybridized carbons (Fsp3) is 0.237. The van der Waals surface area contributed by atoms with E-state index in [9.17, 15) is 4.39 Å². The molecule has 0 unspecified atom stereocenters. The SMILES string of the molecule is C=C(F)\C=C/C(=C\C)/C=C/c1cc(NC)c2cc(/C(C)=C/C=C3/OCO/C3=C/C)ccc2n1.CC.CN(C)c1ccccc1. The number of hydrogen-bond donors (Lipinski definition) is 1. The quantitative estimate of drug-likeness (QED) is 0.263. The fourth-order valence-electron chi connectivity index (χ4n) is 4.08. The van der Waals surface area contributed by atoms with E-state index in [-0.39, 0.29) is 6.79 Å². The van der Waals surface area contributed by atoms with Crippen molar-refractivity contribution in [3.63, 3.8) is 0 Å². The van der Waals surface area contributed by atoms with E-state index in [2.05, 4.69) is 48.0 Å². The molecule has 1 aromatic heterocycles. The van der Waals surface area contributed by atoms with Gasteiger partial charge >= 0.3 is 0 Å². The van der Waals surface area contributed by atoms with Gasteiger partial charge in [-0.3, -0.25) is 0 Å². The summed E-state index contributed by atoms with van der Waals surface area (Å²) in [6, 6.07) is 18.5. The summed E-state index contributed by atoms with van der Waals surface area (Å²) in [4.78, 5) is 6.85. The van der Waals surface area contributed by atoms with Crippen molar-refractivity contribution in [2.75, 3.05) is 38.2 Å². The van der Waals surface area contributed by atoms with Crippen molar-refractivity contribution in [1.82, 2.24) is 4.98 Å². The summed E-state index contributed by atoms with van der Waals surface area (Å²) in [5, 5.41) is 4.30. The average molecular weight is 596 g/mol. The van der Waals surface area contributed by atoms with Gasteiger partial charge in [0, 0.05) is 37.9 Å². The van der Waals surface area contributed by atoms with Crippen LogP contribution in [0.2, 0.25) is 0 Å². The van der Waals surface area contributed by atoms with Gasteiger partial charge in [-0.05, 0) is 92.1 Å². The predicted octanol–water partition coefficient (Wildman–Crippen LogP) is 10.2. The molecule has 1 aliphatic rings. The lowest BCUT2D eigenvalue weighted by molar-refractivity contribution is 0.0976. The molecule has 2 heterocycles. The van der Waals surface area contributed by atoms with Crippen LogP contribution in [0.1, 0.15) is 45.9 Å². The molecule has 0 radical (unpaired) electrons. The van der Waals surface area contributed by atoms with E-state index < -0.39 is 5.83 Å². The summed E-state index contributed by atoms with van der Waals surface area (Å²) in [5.74, 6) is 1.01. The minimum Gasteiger partial charge on any atom is -0.454 e. The molecule has 5 nitrogen and oxygen atoms in total. The Kier molecular flexibility index (Phi) is 15.0. The summed E-state index contributed by atoms with van der Waals surface area (Å²) in [7, 11) is 5.97. The van der Waals surface area contributed by atoms with Gasteiger partial charge in [-0.2, -0.15) is 0 Å². The van der Waals surface area contributed by atoms with Crippen LogP contribution < -0.4 is 10.2 Å². The van der Waals surface area contributed by atoms with Gasteiger partial charge in [0.05, 0.1) is 11.2 Å². The normalized spacial score (nSPS) is 15.0. The third kappa shape index (κ3) is 10.8. The Balaban J connectivity index is 0.000000519. The number of nitrogens with one attached hydrogen (secondary N) is 1. The second kappa shape index (κ2) is 18.6. The summed E-state index contributed by atoms with van der Waals surface area (Å²) in [6.45, 7) is 13.4. The maximum absolute atomic E-state index is 12.9. The lowest BCUT2D eigenvalue weighted by atomic mass is 10.0. The lowest BCUT2D eigenvalue weighted by Gasteiger charge is -2.10. The van der Waals surface area contributed by atoms with Crippen molar-refractivity contribution >= 4 is 33.9 Å². The third-order valence-corrected chi connectivity index (χ3v) is 6.48. The summed E-state index contributed by atoms with van der Waals surface area (Å²) >= 11 is 0. The molecule has 6 heteroatoms. The number of halogens is 1. The number of nitrogens with zero attached hydrogens (tertiary/aromatic N) is 2. The minimum atomic E-state index is -0.480. The van der Waals surface area contributed by atoms with E-state index in [0.29, 0.717) is 0 Å². The van der Waals surface area contributed by atoms with Crippen LogP contribution >= 0.6 is 0 Å². The van der Waals surface area contributed by atoms with Gasteiger partial charge in [-0.25, -0.2) is 9.37 Å². The first-order valence-corrected chi connectivity index (χ1v) is 14.8. The molecule has 1 aliphatic heterocycles. The van der Waals surface area contributed by atoms with E-state index >= 15 is 0 Å². The summed E-state index contributed by atoms with van der Waals surface area (Å²) in [6.07, 6.45) is 14.6. The van der Waals surface area contributed by atoms with Gasteiger partial charge in [0.15, 0.2) is 11.5 Å². The number of pyridine rings is 1. The zero-order valence-corrected chi connectivity index (χ0v) is 27.3. The van der Waals surface area contributed by atoms with Gasteiger partial charge in [0.2, 0.25) is 6.79 Å². The second-order valence-electron chi connectivity index (χ2n) is 9.65. The topological polar surface area (TPSA) is 46.6 Å². The molecule has 4 rings (SSSR count). The van der Waals surface area contributed by atoms with E-state index in [0.717, 1.165) is 50.5 Å². The van der Waals surface area contributed by atoms with Crippen LogP contribution in [0.25, 0.3) is 22.6 Å². The Hall–Kier alpha value is -4.84. The number of hydrogen-bond acceptors (Lipinski definition) is 5. The highest BCUT2D eigenvalue weighted by molar-refractivity contribution is 5.94. The summed E-state index contributed by atoms with van der Waals surface area (Å²) < 4.78 is 23.8. The first kappa shape index (κ1) is 35.4. The number of aromatic nitrogens is 1. The van der Waals surface area contributed by atoms with Crippen LogP contribution in [0.15, 0.2) is 127 Å². The van der Waals surface area contributed by atoms with Crippen LogP contribution in [0, 0.1) is 0 Å². The molecular formula is C38H46FN3O2. The lowest BCUT2D eigenvalue weighted by Crippen LogP contribution is -2.07. The van der Waals surface area contributed by atoms with E-state index in [1.165, 1.54) is 11.8 Å². The molecule has 0 saturated carbocycles. The monoisotopic (exact) mass is 595 g/mol. The number of anilines is 2. The molecule has 1 fully saturated rings. The van der Waals surface area contributed by atoms with Crippen molar-refractivity contribution in [2.45, 2.75) is 34.6 Å². The van der Waals surface area contributed by atoms with Crippen molar-refractivity contribution in [3.8, 4) is 0 Å². The Bertz CT molecular complexity index is 1560. The highest BCUT2D eigenvalue weighted by Crippen LogP contribution is 2.28. The van der Waals surface area contributed by atoms with Crippen LogP contribution in [0.4, 0.5) is 15.8 Å².